The molecule has 0 aliphatic carbocycles. The molecule has 0 N–H and O–H groups in total. The molecule has 1 aromatic carbocycles. The van der Waals surface area contributed by atoms with Crippen LogP contribution in [0.3, 0.4) is 0 Å². The Hall–Kier alpha value is -2.48. The summed E-state index contributed by atoms with van der Waals surface area (Å²) in [7, 11) is -3.43. The summed E-state index contributed by atoms with van der Waals surface area (Å²) in [5.74, 6) is -1.02. The molecule has 0 radical (unpaired) electrons. The number of hydrogen-bond donors (Lipinski definition) is 0. The number of anilines is 2. The first-order chi connectivity index (χ1) is 16.1. The van der Waals surface area contributed by atoms with Gasteiger partial charge in [-0.25, -0.2) is 17.6 Å². The normalized spacial score (nSPS) is 26.6. The first-order valence-electron chi connectivity index (χ1n) is 11.0. The second-order valence-corrected chi connectivity index (χ2v) is 11.1. The van der Waals surface area contributed by atoms with E-state index in [4.69, 9.17) is 23.5 Å². The number of sulfone groups is 1. The van der Waals surface area contributed by atoms with Gasteiger partial charge >= 0.3 is 6.09 Å². The number of carbonyl (C=O) groups excluding carboxylic acids is 1. The smallest absolute Gasteiger partial charge is 0.416 e. The molecular weight excluding hydrogens is 473 g/mol. The molecule has 3 aliphatic rings. The molecule has 2 aromatic rings. The van der Waals surface area contributed by atoms with Gasteiger partial charge in [-0.15, -0.1) is 0 Å². The molecular formula is C21H26FN3O8S. The fourth-order valence-electron chi connectivity index (χ4n) is 4.80. The number of halogens is 1. The number of carbonyl (C=O) groups is 1. The Morgan fingerprint density at radius 3 is 2.50 bits per heavy atom. The van der Waals surface area contributed by atoms with E-state index < -0.39 is 34.1 Å². The average molecular weight is 500 g/mol. The molecule has 11 nitrogen and oxygen atoms in total. The number of hydrogen-bond acceptors (Lipinski definition) is 10. The third-order valence-corrected chi connectivity index (χ3v) is 6.98. The molecule has 1 aromatic heterocycles. The lowest BCUT2D eigenvalue weighted by atomic mass is 10.0. The quantitative estimate of drug-likeness (QED) is 0.604. The zero-order valence-corrected chi connectivity index (χ0v) is 19.8. The highest BCUT2D eigenvalue weighted by molar-refractivity contribution is 7.90. The molecule has 0 bridgehead atoms. The van der Waals surface area contributed by atoms with Gasteiger partial charge in [0.25, 0.3) is 0 Å². The molecule has 4 heterocycles. The average Bonchev–Trinajstić information content (AvgIpc) is 3.46. The maximum Gasteiger partial charge on any atom is 0.416 e. The number of ether oxygens (including phenoxy) is 4. The van der Waals surface area contributed by atoms with Crippen LogP contribution in [0.4, 0.5) is 20.7 Å². The van der Waals surface area contributed by atoms with Crippen LogP contribution < -0.4 is 9.80 Å². The molecule has 3 atom stereocenters. The van der Waals surface area contributed by atoms with Gasteiger partial charge in [-0.2, -0.15) is 0 Å². The molecule has 3 fully saturated rings. The van der Waals surface area contributed by atoms with Crippen molar-refractivity contribution in [1.82, 2.24) is 5.16 Å². The lowest BCUT2D eigenvalue weighted by Gasteiger charge is -2.38. The zero-order chi connectivity index (χ0) is 24.2. The summed E-state index contributed by atoms with van der Waals surface area (Å²) in [5.41, 5.74) is 0.539. The topological polar surface area (TPSA) is 121 Å². The Morgan fingerprint density at radius 1 is 1.18 bits per heavy atom. The van der Waals surface area contributed by atoms with Crippen LogP contribution >= 0.6 is 0 Å². The van der Waals surface area contributed by atoms with Gasteiger partial charge in [0.15, 0.2) is 17.9 Å². The van der Waals surface area contributed by atoms with E-state index in [1.807, 2.05) is 18.7 Å². The number of cyclic esters (lactones) is 1. The standard InChI is InChI=1S/C21H26FN3O8S/c1-11-7-24(8-12(2)32-11)17-14(20-29-4-5-30-20)6-15-18(16(17)22)33-23-19(15)25-13(9-31-21(25)26)10-34(3,27)28/h6,11-13,20H,4-5,7-10H2,1-3H3/t11-,12-,13-/m1/s1. The third-order valence-electron chi connectivity index (χ3n) is 5.99. The largest absolute Gasteiger partial charge is 0.447 e. The monoisotopic (exact) mass is 499 g/mol. The van der Waals surface area contributed by atoms with Gasteiger partial charge in [-0.1, -0.05) is 5.16 Å². The van der Waals surface area contributed by atoms with Crippen LogP contribution in [0.15, 0.2) is 10.6 Å². The Bertz CT molecular complexity index is 1200. The van der Waals surface area contributed by atoms with Crippen LogP contribution in [0, 0.1) is 5.82 Å². The van der Waals surface area contributed by atoms with Crippen molar-refractivity contribution in [2.75, 3.05) is 54.7 Å². The number of benzene rings is 1. The third kappa shape index (κ3) is 4.21. The first-order valence-corrected chi connectivity index (χ1v) is 13.1. The minimum absolute atomic E-state index is 0.0143. The zero-order valence-electron chi connectivity index (χ0n) is 19.0. The lowest BCUT2D eigenvalue weighted by molar-refractivity contribution is -0.0445. The van der Waals surface area contributed by atoms with E-state index in [0.29, 0.717) is 31.9 Å². The van der Waals surface area contributed by atoms with E-state index in [1.54, 1.807) is 6.07 Å². The highest BCUT2D eigenvalue weighted by Crippen LogP contribution is 2.42. The highest BCUT2D eigenvalue weighted by atomic mass is 32.2. The summed E-state index contributed by atoms with van der Waals surface area (Å²) in [6.45, 7) is 5.29. The van der Waals surface area contributed by atoms with E-state index in [-0.39, 0.29) is 47.0 Å². The van der Waals surface area contributed by atoms with Gasteiger partial charge in [0.05, 0.1) is 48.3 Å². The fraction of sp³-hybridized carbons (Fsp3) is 0.619. The van der Waals surface area contributed by atoms with Crippen molar-refractivity contribution in [3.63, 3.8) is 0 Å². The number of rotatable bonds is 5. The number of nitrogens with zero attached hydrogens (tertiary/aromatic N) is 3. The van der Waals surface area contributed by atoms with Crippen molar-refractivity contribution in [3.05, 3.63) is 17.4 Å². The number of amides is 1. The van der Waals surface area contributed by atoms with Crippen molar-refractivity contribution in [1.29, 1.82) is 0 Å². The van der Waals surface area contributed by atoms with Gasteiger partial charge in [0.1, 0.15) is 16.4 Å². The number of aromatic nitrogens is 1. The Balaban J connectivity index is 1.64. The molecule has 186 valence electrons. The number of fused-ring (bicyclic) bond motifs is 1. The second kappa shape index (κ2) is 8.63. The van der Waals surface area contributed by atoms with Crippen molar-refractivity contribution in [3.8, 4) is 0 Å². The molecule has 3 saturated heterocycles. The van der Waals surface area contributed by atoms with Crippen LogP contribution in [0.2, 0.25) is 0 Å². The first kappa shape index (κ1) is 23.3. The second-order valence-electron chi connectivity index (χ2n) is 8.94. The molecule has 5 rings (SSSR count). The van der Waals surface area contributed by atoms with E-state index in [2.05, 4.69) is 5.16 Å². The summed E-state index contributed by atoms with van der Waals surface area (Å²) in [6.07, 6.45) is -0.781. The van der Waals surface area contributed by atoms with E-state index in [0.717, 1.165) is 11.2 Å². The molecule has 0 saturated carbocycles. The van der Waals surface area contributed by atoms with Gasteiger partial charge < -0.3 is 28.4 Å². The van der Waals surface area contributed by atoms with E-state index in [9.17, 15) is 13.2 Å². The summed E-state index contributed by atoms with van der Waals surface area (Å²) < 4.78 is 67.4. The molecule has 1 amide bonds. The maximum atomic E-state index is 16.0. The number of morpholine rings is 1. The van der Waals surface area contributed by atoms with Crippen molar-refractivity contribution >= 4 is 38.4 Å². The van der Waals surface area contributed by atoms with Crippen LogP contribution in [0.5, 0.6) is 0 Å². The minimum atomic E-state index is -3.43. The molecule has 0 spiro atoms. The molecule has 13 heteroatoms. The van der Waals surface area contributed by atoms with Crippen LogP contribution in [0.25, 0.3) is 11.0 Å². The van der Waals surface area contributed by atoms with Crippen molar-refractivity contribution < 1.29 is 41.1 Å². The Labute approximate surface area is 195 Å². The predicted octanol–water partition coefficient (Wildman–Crippen LogP) is 2.00. The van der Waals surface area contributed by atoms with Crippen LogP contribution in [0.1, 0.15) is 25.7 Å². The van der Waals surface area contributed by atoms with Gasteiger partial charge in [0.2, 0.25) is 5.58 Å². The molecule has 0 unspecified atom stereocenters. The van der Waals surface area contributed by atoms with Gasteiger partial charge in [-0.3, -0.25) is 4.90 Å². The maximum absolute atomic E-state index is 16.0. The van der Waals surface area contributed by atoms with Crippen LogP contribution in [-0.2, 0) is 28.8 Å². The van der Waals surface area contributed by atoms with Crippen LogP contribution in [-0.4, -0.2) is 82.8 Å². The Morgan fingerprint density at radius 2 is 1.85 bits per heavy atom. The predicted molar refractivity (Wildman–Crippen MR) is 118 cm³/mol. The van der Waals surface area contributed by atoms with E-state index in [1.165, 1.54) is 0 Å². The summed E-state index contributed by atoms with van der Waals surface area (Å²) in [5, 5.41) is 4.14. The Kier molecular flexibility index (Phi) is 5.91. The van der Waals surface area contributed by atoms with Crippen molar-refractivity contribution in [2.24, 2.45) is 0 Å². The fourth-order valence-corrected chi connectivity index (χ4v) is 5.74. The van der Waals surface area contributed by atoms with E-state index >= 15 is 4.39 Å². The highest BCUT2D eigenvalue weighted by Gasteiger charge is 2.41. The van der Waals surface area contributed by atoms with Crippen molar-refractivity contribution in [2.45, 2.75) is 38.4 Å². The molecule has 3 aliphatic heterocycles. The SMILES string of the molecule is C[C@@H]1CN(c2c(C3OCCO3)cc3c(N4C(=O)OC[C@@H]4CS(C)(=O)=O)noc3c2F)C[C@@H](C)O1. The molecule has 34 heavy (non-hydrogen) atoms. The summed E-state index contributed by atoms with van der Waals surface area (Å²) >= 11 is 0. The lowest BCUT2D eigenvalue weighted by Crippen LogP contribution is -2.46. The summed E-state index contributed by atoms with van der Waals surface area (Å²) in [6, 6.07) is 0.811. The van der Waals surface area contributed by atoms with Gasteiger partial charge in [-0.05, 0) is 19.9 Å². The summed E-state index contributed by atoms with van der Waals surface area (Å²) in [4.78, 5) is 15.5. The minimum Gasteiger partial charge on any atom is -0.447 e. The van der Waals surface area contributed by atoms with Gasteiger partial charge in [0, 0.05) is 24.9 Å².